The second-order valence-electron chi connectivity index (χ2n) is 6.57. The highest BCUT2D eigenvalue weighted by Gasteiger charge is 2.36. The van der Waals surface area contributed by atoms with Crippen molar-refractivity contribution in [3.8, 4) is 11.6 Å². The van der Waals surface area contributed by atoms with E-state index in [0.717, 1.165) is 34.9 Å². The monoisotopic (exact) mass is 441 g/mol. The summed E-state index contributed by atoms with van der Waals surface area (Å²) in [5, 5.41) is 6.43. The Hall–Kier alpha value is -2.94. The zero-order chi connectivity index (χ0) is 21.9. The number of allylic oxidation sites excluding steroid dienone is 3. The summed E-state index contributed by atoms with van der Waals surface area (Å²) in [6.45, 7) is 1.36. The highest BCUT2D eigenvalue weighted by Crippen LogP contribution is 2.33. The molecule has 1 aromatic carbocycles. The lowest BCUT2D eigenvalue weighted by Gasteiger charge is -2.18. The Morgan fingerprint density at radius 1 is 1.30 bits per heavy atom. The van der Waals surface area contributed by atoms with E-state index < -0.39 is 24.4 Å². The van der Waals surface area contributed by atoms with Crippen LogP contribution in [0.15, 0.2) is 53.4 Å². The van der Waals surface area contributed by atoms with E-state index in [0.29, 0.717) is 5.70 Å². The predicted molar refractivity (Wildman–Crippen MR) is 104 cm³/mol. The number of carbonyl (C=O) groups excluding carboxylic acids is 1. The molecule has 1 aromatic heterocycles. The van der Waals surface area contributed by atoms with Gasteiger partial charge in [0.15, 0.2) is 12.3 Å². The third-order valence-corrected chi connectivity index (χ3v) is 4.77. The van der Waals surface area contributed by atoms with E-state index >= 15 is 0 Å². The van der Waals surface area contributed by atoms with Gasteiger partial charge in [0.25, 0.3) is 5.91 Å². The molecule has 0 aliphatic heterocycles. The van der Waals surface area contributed by atoms with Crippen LogP contribution in [-0.2, 0) is 15.7 Å². The first-order valence-corrected chi connectivity index (χ1v) is 9.36. The van der Waals surface area contributed by atoms with Crippen LogP contribution in [0.3, 0.4) is 0 Å². The third-order valence-electron chi connectivity index (χ3n) is 4.45. The lowest BCUT2D eigenvalue weighted by Crippen LogP contribution is -2.29. The Labute approximate surface area is 175 Å². The van der Waals surface area contributed by atoms with Crippen molar-refractivity contribution in [1.29, 1.82) is 0 Å². The molecule has 1 aliphatic rings. The molecule has 6 nitrogen and oxygen atoms in total. The summed E-state index contributed by atoms with van der Waals surface area (Å²) in [5.74, 6) is -0.0603. The Balaban J connectivity index is 1.79. The number of amides is 1. The van der Waals surface area contributed by atoms with Crippen molar-refractivity contribution in [1.82, 2.24) is 15.1 Å². The number of halogens is 4. The van der Waals surface area contributed by atoms with Crippen LogP contribution in [0.1, 0.15) is 25.5 Å². The smallest absolute Gasteiger partial charge is 0.435 e. The molecule has 0 saturated carbocycles. The molecule has 1 amide bonds. The second-order valence-corrected chi connectivity index (χ2v) is 6.98. The van der Waals surface area contributed by atoms with Crippen LogP contribution >= 0.6 is 11.6 Å². The molecule has 0 fully saturated rings. The minimum Gasteiger partial charge on any atom is -0.501 e. The molecule has 10 heteroatoms. The average molecular weight is 442 g/mol. The van der Waals surface area contributed by atoms with Crippen molar-refractivity contribution in [3.63, 3.8) is 0 Å². The Morgan fingerprint density at radius 2 is 2.03 bits per heavy atom. The van der Waals surface area contributed by atoms with E-state index in [9.17, 15) is 18.0 Å². The minimum atomic E-state index is -4.68. The number of hydrogen-bond acceptors (Lipinski definition) is 4. The van der Waals surface area contributed by atoms with Crippen LogP contribution in [0.4, 0.5) is 13.2 Å². The van der Waals surface area contributed by atoms with Crippen LogP contribution in [-0.4, -0.2) is 29.4 Å². The summed E-state index contributed by atoms with van der Waals surface area (Å²) in [6, 6.07) is 6.97. The van der Waals surface area contributed by atoms with E-state index in [-0.39, 0.29) is 16.6 Å². The molecule has 1 heterocycles. The first-order chi connectivity index (χ1) is 14.2. The summed E-state index contributed by atoms with van der Waals surface area (Å²) >= 11 is 6.09. The highest BCUT2D eigenvalue weighted by atomic mass is 35.5. The normalized spacial score (nSPS) is 14.4. The highest BCUT2D eigenvalue weighted by molar-refractivity contribution is 6.32. The standard InChI is InChI=1S/C20H19ClF3N3O3/c1-12-7-8-13(29-2)9-15(12)25-18(28)11-30-19-10-17(20(22,23)24)26-27(19)16-6-4-3-5-14(16)21/h3-6,9-10H,7-8,11H2,1-2H3,(H,25,28). The lowest BCUT2D eigenvalue weighted by molar-refractivity contribution is -0.141. The molecular formula is C20H19ClF3N3O3. The third kappa shape index (κ3) is 4.96. The second kappa shape index (κ2) is 8.83. The maximum atomic E-state index is 13.2. The first-order valence-electron chi connectivity index (χ1n) is 8.98. The fourth-order valence-corrected chi connectivity index (χ4v) is 3.05. The zero-order valence-electron chi connectivity index (χ0n) is 16.2. The van der Waals surface area contributed by atoms with Gasteiger partial charge < -0.3 is 14.8 Å². The molecule has 0 unspecified atom stereocenters. The summed E-state index contributed by atoms with van der Waals surface area (Å²) in [7, 11) is 1.54. The van der Waals surface area contributed by atoms with Crippen molar-refractivity contribution >= 4 is 17.5 Å². The predicted octanol–water partition coefficient (Wildman–Crippen LogP) is 4.64. The summed E-state index contributed by atoms with van der Waals surface area (Å²) < 4.78 is 50.9. The van der Waals surface area contributed by atoms with Gasteiger partial charge in [-0.2, -0.15) is 23.0 Å². The van der Waals surface area contributed by atoms with Gasteiger partial charge in [0.2, 0.25) is 5.88 Å². The molecule has 30 heavy (non-hydrogen) atoms. The largest absolute Gasteiger partial charge is 0.501 e. The topological polar surface area (TPSA) is 65.4 Å². The van der Waals surface area contributed by atoms with E-state index in [1.807, 2.05) is 6.92 Å². The molecule has 1 aliphatic carbocycles. The number of nitrogens with one attached hydrogen (secondary N) is 1. The van der Waals surface area contributed by atoms with E-state index in [1.54, 1.807) is 25.3 Å². The van der Waals surface area contributed by atoms with Crippen molar-refractivity contribution in [2.75, 3.05) is 13.7 Å². The molecule has 0 radical (unpaired) electrons. The maximum absolute atomic E-state index is 13.2. The molecule has 0 bridgehead atoms. The molecule has 1 N–H and O–H groups in total. The SMILES string of the molecule is COC1=CC(NC(=O)COc2cc(C(F)(F)F)nn2-c2ccccc2Cl)=C(C)CC1. The quantitative estimate of drug-likeness (QED) is 0.709. The lowest BCUT2D eigenvalue weighted by atomic mass is 10.0. The van der Waals surface area contributed by atoms with Crippen molar-refractivity contribution < 1.29 is 27.4 Å². The molecule has 3 rings (SSSR count). The number of ether oxygens (including phenoxy) is 2. The average Bonchev–Trinajstić information content (AvgIpc) is 3.13. The van der Waals surface area contributed by atoms with Crippen LogP contribution in [0.25, 0.3) is 5.69 Å². The van der Waals surface area contributed by atoms with Crippen LogP contribution in [0.5, 0.6) is 5.88 Å². The van der Waals surface area contributed by atoms with Gasteiger partial charge in [0.1, 0.15) is 0 Å². The molecule has 160 valence electrons. The van der Waals surface area contributed by atoms with Crippen LogP contribution in [0.2, 0.25) is 5.02 Å². The van der Waals surface area contributed by atoms with Gasteiger partial charge in [-0.3, -0.25) is 4.79 Å². The van der Waals surface area contributed by atoms with E-state index in [2.05, 4.69) is 10.4 Å². The summed E-state index contributed by atoms with van der Waals surface area (Å²) in [4.78, 5) is 12.3. The van der Waals surface area contributed by atoms with E-state index in [4.69, 9.17) is 21.1 Å². The number of hydrogen-bond donors (Lipinski definition) is 1. The van der Waals surface area contributed by atoms with Crippen molar-refractivity contribution in [2.24, 2.45) is 0 Å². The molecule has 0 saturated heterocycles. The maximum Gasteiger partial charge on any atom is 0.435 e. The number of aromatic nitrogens is 2. The number of nitrogens with zero attached hydrogens (tertiary/aromatic N) is 2. The van der Waals surface area contributed by atoms with Crippen molar-refractivity contribution in [2.45, 2.75) is 25.9 Å². The van der Waals surface area contributed by atoms with Crippen molar-refractivity contribution in [3.05, 3.63) is 64.2 Å². The number of methoxy groups -OCH3 is 1. The van der Waals surface area contributed by atoms with Gasteiger partial charge in [-0.25, -0.2) is 0 Å². The fourth-order valence-electron chi connectivity index (χ4n) is 2.83. The van der Waals surface area contributed by atoms with Gasteiger partial charge in [-0.05, 0) is 37.1 Å². The first kappa shape index (κ1) is 21.8. The number of para-hydroxylation sites is 1. The number of alkyl halides is 3. The molecular weight excluding hydrogens is 423 g/mol. The van der Waals surface area contributed by atoms with Gasteiger partial charge >= 0.3 is 6.18 Å². The van der Waals surface area contributed by atoms with Gasteiger partial charge in [0.05, 0.1) is 23.6 Å². The van der Waals surface area contributed by atoms with Gasteiger partial charge in [-0.1, -0.05) is 23.7 Å². The van der Waals surface area contributed by atoms with Gasteiger partial charge in [-0.15, -0.1) is 0 Å². The zero-order valence-corrected chi connectivity index (χ0v) is 17.0. The number of carbonyl (C=O) groups is 1. The molecule has 0 spiro atoms. The number of rotatable bonds is 6. The Morgan fingerprint density at radius 3 is 2.70 bits per heavy atom. The molecule has 0 atom stereocenters. The van der Waals surface area contributed by atoms with Crippen LogP contribution in [0, 0.1) is 0 Å². The summed E-state index contributed by atoms with van der Waals surface area (Å²) in [5.41, 5.74) is 0.590. The fraction of sp³-hybridized carbons (Fsp3) is 0.300. The van der Waals surface area contributed by atoms with E-state index in [1.165, 1.54) is 12.1 Å². The minimum absolute atomic E-state index is 0.184. The summed E-state index contributed by atoms with van der Waals surface area (Å²) in [6.07, 6.45) is -1.51. The molecule has 2 aromatic rings. The Bertz CT molecular complexity index is 1010. The van der Waals surface area contributed by atoms with Crippen LogP contribution < -0.4 is 10.1 Å². The van der Waals surface area contributed by atoms with Gasteiger partial charge in [0, 0.05) is 18.2 Å². The number of benzene rings is 1. The Kier molecular flexibility index (Phi) is 6.40.